The first kappa shape index (κ1) is 19.4. The van der Waals surface area contributed by atoms with Crippen molar-refractivity contribution in [2.24, 2.45) is 17.4 Å². The van der Waals surface area contributed by atoms with E-state index >= 15 is 0 Å². The second kappa shape index (κ2) is 7.74. The Bertz CT molecular complexity index is 456. The number of rotatable bonds is 6. The fourth-order valence-electron chi connectivity index (χ4n) is 2.37. The lowest BCUT2D eigenvalue weighted by Gasteiger charge is -2.42. The zero-order valence-electron chi connectivity index (χ0n) is 14.5. The van der Waals surface area contributed by atoms with Crippen LogP contribution < -0.4 is 16.8 Å². The molecule has 0 spiro atoms. The van der Waals surface area contributed by atoms with E-state index in [-0.39, 0.29) is 30.2 Å². The van der Waals surface area contributed by atoms with Crippen LogP contribution in [0.4, 0.5) is 0 Å². The summed E-state index contributed by atoms with van der Waals surface area (Å²) >= 11 is 0. The molecule has 0 aromatic carbocycles. The van der Waals surface area contributed by atoms with Crippen molar-refractivity contribution < 1.29 is 14.4 Å². The van der Waals surface area contributed by atoms with Crippen LogP contribution >= 0.6 is 0 Å². The third kappa shape index (κ3) is 4.90. The van der Waals surface area contributed by atoms with Crippen LogP contribution in [0.1, 0.15) is 27.7 Å². The fourth-order valence-corrected chi connectivity index (χ4v) is 2.37. The maximum Gasteiger partial charge on any atom is 0.242 e. The molecule has 0 bridgehead atoms. The molecule has 0 unspecified atom stereocenters. The Balaban J connectivity index is 2.44. The lowest BCUT2D eigenvalue weighted by Crippen LogP contribution is -2.61. The van der Waals surface area contributed by atoms with E-state index < -0.39 is 11.6 Å². The summed E-state index contributed by atoms with van der Waals surface area (Å²) in [5.74, 6) is -0.829. The molecule has 132 valence electrons. The third-order valence-corrected chi connectivity index (χ3v) is 4.46. The highest BCUT2D eigenvalue weighted by Gasteiger charge is 2.35. The summed E-state index contributed by atoms with van der Waals surface area (Å²) in [6.07, 6.45) is 0. The number of nitrogens with two attached hydrogens (primary N) is 2. The van der Waals surface area contributed by atoms with E-state index in [0.717, 1.165) is 0 Å². The van der Waals surface area contributed by atoms with Crippen LogP contribution in [0, 0.1) is 5.92 Å². The molecule has 1 atom stereocenters. The van der Waals surface area contributed by atoms with Gasteiger partial charge in [0, 0.05) is 26.2 Å². The van der Waals surface area contributed by atoms with Gasteiger partial charge < -0.3 is 21.7 Å². The van der Waals surface area contributed by atoms with E-state index in [9.17, 15) is 14.4 Å². The molecule has 1 aliphatic rings. The number of piperazine rings is 1. The predicted octanol–water partition coefficient (Wildman–Crippen LogP) is -1.51. The van der Waals surface area contributed by atoms with Gasteiger partial charge in [-0.25, -0.2) is 0 Å². The summed E-state index contributed by atoms with van der Waals surface area (Å²) in [5.41, 5.74) is 10.4. The number of nitrogens with one attached hydrogen (secondary N) is 1. The SMILES string of the molecule is CC(C)[C@H](N)C(=O)NCC(=O)N1CCN(C(C)(C)C(N)=O)CC1. The summed E-state index contributed by atoms with van der Waals surface area (Å²) in [6, 6.07) is -0.615. The smallest absolute Gasteiger partial charge is 0.242 e. The highest BCUT2D eigenvalue weighted by atomic mass is 16.2. The number of nitrogens with zero attached hydrogens (tertiary/aromatic N) is 2. The molecule has 0 saturated carbocycles. The summed E-state index contributed by atoms with van der Waals surface area (Å²) in [7, 11) is 0. The van der Waals surface area contributed by atoms with Crippen molar-refractivity contribution in [3.63, 3.8) is 0 Å². The first-order valence-corrected chi connectivity index (χ1v) is 7.93. The van der Waals surface area contributed by atoms with Crippen LogP contribution in [-0.4, -0.2) is 71.8 Å². The molecule has 5 N–H and O–H groups in total. The second-order valence-electron chi connectivity index (χ2n) is 6.78. The van der Waals surface area contributed by atoms with Crippen molar-refractivity contribution in [1.29, 1.82) is 0 Å². The molecule has 0 aromatic rings. The molecular formula is C15H29N5O3. The third-order valence-electron chi connectivity index (χ3n) is 4.46. The first-order chi connectivity index (χ1) is 10.6. The monoisotopic (exact) mass is 327 g/mol. The van der Waals surface area contributed by atoms with Crippen molar-refractivity contribution in [1.82, 2.24) is 15.1 Å². The van der Waals surface area contributed by atoms with E-state index in [2.05, 4.69) is 5.32 Å². The van der Waals surface area contributed by atoms with E-state index in [1.807, 2.05) is 18.7 Å². The lowest BCUT2D eigenvalue weighted by molar-refractivity contribution is -0.137. The Hall–Kier alpha value is -1.67. The molecule has 1 saturated heterocycles. The van der Waals surface area contributed by atoms with Crippen molar-refractivity contribution >= 4 is 17.7 Å². The zero-order valence-corrected chi connectivity index (χ0v) is 14.5. The molecule has 1 heterocycles. The zero-order chi connectivity index (χ0) is 17.8. The number of amides is 3. The number of hydrogen-bond donors (Lipinski definition) is 3. The van der Waals surface area contributed by atoms with E-state index in [1.165, 1.54) is 0 Å². The van der Waals surface area contributed by atoms with Gasteiger partial charge in [-0.3, -0.25) is 19.3 Å². The van der Waals surface area contributed by atoms with Gasteiger partial charge in [-0.15, -0.1) is 0 Å². The number of hydrogen-bond acceptors (Lipinski definition) is 5. The Labute approximate surface area is 137 Å². The molecule has 3 amide bonds. The first-order valence-electron chi connectivity index (χ1n) is 7.93. The molecule has 1 rings (SSSR count). The van der Waals surface area contributed by atoms with Gasteiger partial charge in [0.1, 0.15) is 0 Å². The van der Waals surface area contributed by atoms with Crippen molar-refractivity contribution in [2.75, 3.05) is 32.7 Å². The average Bonchev–Trinajstić information content (AvgIpc) is 2.51. The molecule has 1 fully saturated rings. The Morgan fingerprint density at radius 3 is 2.09 bits per heavy atom. The maximum atomic E-state index is 12.1. The van der Waals surface area contributed by atoms with Gasteiger partial charge in [0.05, 0.1) is 18.1 Å². The molecule has 23 heavy (non-hydrogen) atoms. The largest absolute Gasteiger partial charge is 0.368 e. The number of carbonyl (C=O) groups is 3. The van der Waals surface area contributed by atoms with Crippen molar-refractivity contribution in [3.05, 3.63) is 0 Å². The van der Waals surface area contributed by atoms with E-state index in [1.54, 1.807) is 18.7 Å². The molecule has 0 aliphatic carbocycles. The minimum atomic E-state index is -0.729. The number of primary amides is 1. The Morgan fingerprint density at radius 1 is 1.13 bits per heavy atom. The average molecular weight is 327 g/mol. The maximum absolute atomic E-state index is 12.1. The van der Waals surface area contributed by atoms with Gasteiger partial charge in [-0.1, -0.05) is 13.8 Å². The van der Waals surface area contributed by atoms with Crippen LogP contribution in [-0.2, 0) is 14.4 Å². The molecular weight excluding hydrogens is 298 g/mol. The lowest BCUT2D eigenvalue weighted by atomic mass is 10.0. The van der Waals surface area contributed by atoms with Crippen LogP contribution in [0.2, 0.25) is 0 Å². The van der Waals surface area contributed by atoms with Crippen molar-refractivity contribution in [2.45, 2.75) is 39.3 Å². The van der Waals surface area contributed by atoms with Gasteiger partial charge in [-0.2, -0.15) is 0 Å². The summed E-state index contributed by atoms with van der Waals surface area (Å²) in [5, 5.41) is 2.58. The molecule has 8 nitrogen and oxygen atoms in total. The highest BCUT2D eigenvalue weighted by Crippen LogP contribution is 2.16. The topological polar surface area (TPSA) is 122 Å². The Kier molecular flexibility index (Phi) is 6.52. The van der Waals surface area contributed by atoms with Gasteiger partial charge in [0.15, 0.2) is 0 Å². The van der Waals surface area contributed by atoms with E-state index in [0.29, 0.717) is 26.2 Å². The number of carbonyl (C=O) groups excluding carboxylic acids is 3. The molecule has 0 radical (unpaired) electrons. The normalized spacial score (nSPS) is 17.9. The molecule has 1 aliphatic heterocycles. The van der Waals surface area contributed by atoms with Gasteiger partial charge in [0.25, 0.3) is 0 Å². The summed E-state index contributed by atoms with van der Waals surface area (Å²) in [6.45, 7) is 9.35. The van der Waals surface area contributed by atoms with Gasteiger partial charge in [-0.05, 0) is 19.8 Å². The summed E-state index contributed by atoms with van der Waals surface area (Å²) in [4.78, 5) is 39.0. The quantitative estimate of drug-likeness (QED) is 0.548. The molecule has 0 aromatic heterocycles. The van der Waals surface area contributed by atoms with Crippen LogP contribution in [0.25, 0.3) is 0 Å². The molecule has 8 heteroatoms. The fraction of sp³-hybridized carbons (Fsp3) is 0.800. The predicted molar refractivity (Wildman–Crippen MR) is 87.2 cm³/mol. The summed E-state index contributed by atoms with van der Waals surface area (Å²) < 4.78 is 0. The highest BCUT2D eigenvalue weighted by molar-refractivity contribution is 5.87. The standard InChI is InChI=1S/C15H29N5O3/c1-10(2)12(16)13(22)18-9-11(21)19-5-7-20(8-6-19)15(3,4)14(17)23/h10,12H,5-9,16H2,1-4H3,(H2,17,23)(H,18,22)/t12-/m0/s1. The Morgan fingerprint density at radius 2 is 1.65 bits per heavy atom. The minimum Gasteiger partial charge on any atom is -0.368 e. The second-order valence-corrected chi connectivity index (χ2v) is 6.78. The van der Waals surface area contributed by atoms with Crippen LogP contribution in [0.15, 0.2) is 0 Å². The minimum absolute atomic E-state index is 0.0182. The van der Waals surface area contributed by atoms with E-state index in [4.69, 9.17) is 11.5 Å². The van der Waals surface area contributed by atoms with Crippen LogP contribution in [0.5, 0.6) is 0 Å². The van der Waals surface area contributed by atoms with Gasteiger partial charge in [0.2, 0.25) is 17.7 Å². The van der Waals surface area contributed by atoms with Gasteiger partial charge >= 0.3 is 0 Å². The van der Waals surface area contributed by atoms with Crippen LogP contribution in [0.3, 0.4) is 0 Å². The van der Waals surface area contributed by atoms with Crippen molar-refractivity contribution in [3.8, 4) is 0 Å².